The fraction of sp³-hybridized carbons (Fsp3) is 0.300. The van der Waals surface area contributed by atoms with Crippen molar-refractivity contribution in [2.24, 2.45) is 0 Å². The van der Waals surface area contributed by atoms with Crippen molar-refractivity contribution in [2.75, 3.05) is 37.5 Å². The van der Waals surface area contributed by atoms with Crippen molar-refractivity contribution >= 4 is 29.3 Å². The number of thioether (sulfide) groups is 1. The minimum atomic E-state index is -0.356. The van der Waals surface area contributed by atoms with E-state index in [4.69, 9.17) is 0 Å². The van der Waals surface area contributed by atoms with Gasteiger partial charge in [0.1, 0.15) is 5.82 Å². The van der Waals surface area contributed by atoms with E-state index in [1.54, 1.807) is 0 Å². The second-order valence-electron chi connectivity index (χ2n) is 6.24. The first-order valence-corrected chi connectivity index (χ1v) is 9.72. The van der Waals surface area contributed by atoms with E-state index in [1.165, 1.54) is 36.0 Å². The van der Waals surface area contributed by atoms with E-state index in [-0.39, 0.29) is 35.2 Å². The van der Waals surface area contributed by atoms with Gasteiger partial charge in [0.05, 0.1) is 17.5 Å². The Morgan fingerprint density at radius 1 is 1.00 bits per heavy atom. The molecule has 2 amide bonds. The van der Waals surface area contributed by atoms with Gasteiger partial charge in [-0.25, -0.2) is 4.39 Å². The Bertz CT molecular complexity index is 739. The van der Waals surface area contributed by atoms with Crippen LogP contribution < -0.4 is 10.6 Å². The lowest BCUT2D eigenvalue weighted by Crippen LogP contribution is -2.35. The van der Waals surface area contributed by atoms with E-state index in [0.29, 0.717) is 12.2 Å². The molecule has 0 heterocycles. The zero-order valence-electron chi connectivity index (χ0n) is 15.4. The predicted octanol–water partition coefficient (Wildman–Crippen LogP) is 2.92. The third-order valence-corrected chi connectivity index (χ3v) is 4.83. The number of nitrogens with zero attached hydrogens (tertiary/aromatic N) is 1. The molecule has 0 aromatic heterocycles. The number of amides is 2. The minimum absolute atomic E-state index is 0.0851. The highest BCUT2D eigenvalue weighted by molar-refractivity contribution is 8.00. The molecule has 0 aliphatic carbocycles. The number of carbonyl (C=O) groups is 2. The second kappa shape index (κ2) is 10.7. The summed E-state index contributed by atoms with van der Waals surface area (Å²) in [6.07, 6.45) is 0. The number of hydrogen-bond donors (Lipinski definition) is 2. The van der Waals surface area contributed by atoms with E-state index in [0.717, 1.165) is 5.56 Å². The molecule has 0 aliphatic rings. The molecule has 0 radical (unpaired) electrons. The summed E-state index contributed by atoms with van der Waals surface area (Å²) in [5, 5.41) is 5.58. The maximum Gasteiger partial charge on any atom is 0.234 e. The quantitative estimate of drug-likeness (QED) is 0.692. The number of hydrogen-bond acceptors (Lipinski definition) is 4. The second-order valence-corrected chi connectivity index (χ2v) is 7.23. The lowest BCUT2D eigenvalue weighted by molar-refractivity contribution is -0.118. The van der Waals surface area contributed by atoms with Crippen molar-refractivity contribution in [3.63, 3.8) is 0 Å². The standard InChI is InChI=1S/C20H24FN3O2S/c1-24(2)18(15-6-4-3-5-7-15)12-22-19(25)13-27-14-20(26)23-17-10-8-16(21)9-11-17/h3-11,18H,12-14H2,1-2H3,(H,22,25)(H,23,26). The molecule has 144 valence electrons. The highest BCUT2D eigenvalue weighted by atomic mass is 32.2. The normalized spacial score (nSPS) is 11.9. The molecule has 2 rings (SSSR count). The van der Waals surface area contributed by atoms with Gasteiger partial charge in [0, 0.05) is 12.2 Å². The molecule has 2 aromatic carbocycles. The van der Waals surface area contributed by atoms with E-state index in [9.17, 15) is 14.0 Å². The molecule has 5 nitrogen and oxygen atoms in total. The topological polar surface area (TPSA) is 61.4 Å². The Morgan fingerprint density at radius 3 is 2.26 bits per heavy atom. The van der Waals surface area contributed by atoms with Crippen LogP contribution in [0.15, 0.2) is 54.6 Å². The largest absolute Gasteiger partial charge is 0.353 e. The van der Waals surface area contributed by atoms with Crippen LogP contribution in [-0.4, -0.2) is 48.9 Å². The molecule has 7 heteroatoms. The van der Waals surface area contributed by atoms with Crippen LogP contribution >= 0.6 is 11.8 Å². The zero-order valence-corrected chi connectivity index (χ0v) is 16.3. The summed E-state index contributed by atoms with van der Waals surface area (Å²) in [5.41, 5.74) is 1.66. The number of likely N-dealkylation sites (N-methyl/N-ethyl adjacent to an activating group) is 1. The first kappa shape index (κ1) is 20.9. The molecule has 0 aliphatic heterocycles. The Hall–Kier alpha value is -2.38. The van der Waals surface area contributed by atoms with Crippen LogP contribution in [0.5, 0.6) is 0 Å². The van der Waals surface area contributed by atoms with Crippen molar-refractivity contribution in [3.8, 4) is 0 Å². The molecule has 2 N–H and O–H groups in total. The summed E-state index contributed by atoms with van der Waals surface area (Å²) in [6.45, 7) is 0.498. The van der Waals surface area contributed by atoms with Crippen LogP contribution in [0.1, 0.15) is 11.6 Å². The monoisotopic (exact) mass is 389 g/mol. The van der Waals surface area contributed by atoms with Crippen molar-refractivity contribution in [2.45, 2.75) is 6.04 Å². The number of nitrogens with one attached hydrogen (secondary N) is 2. The van der Waals surface area contributed by atoms with Crippen molar-refractivity contribution in [1.29, 1.82) is 0 Å². The van der Waals surface area contributed by atoms with Gasteiger partial charge < -0.3 is 15.5 Å². The maximum atomic E-state index is 12.8. The molecule has 0 saturated carbocycles. The van der Waals surface area contributed by atoms with Crippen LogP contribution in [0.4, 0.5) is 10.1 Å². The smallest absolute Gasteiger partial charge is 0.234 e. The number of anilines is 1. The fourth-order valence-corrected chi connectivity index (χ4v) is 3.15. The average Bonchev–Trinajstić information content (AvgIpc) is 2.64. The first-order chi connectivity index (χ1) is 13.0. The molecule has 1 atom stereocenters. The van der Waals surface area contributed by atoms with E-state index >= 15 is 0 Å². The summed E-state index contributed by atoms with van der Waals surface area (Å²) in [6, 6.07) is 15.6. The molecule has 1 unspecified atom stereocenters. The molecule has 0 bridgehead atoms. The summed E-state index contributed by atoms with van der Waals surface area (Å²) in [4.78, 5) is 26.0. The molecule has 0 saturated heterocycles. The van der Waals surface area contributed by atoms with Gasteiger partial charge in [0.2, 0.25) is 11.8 Å². The number of rotatable bonds is 9. The van der Waals surface area contributed by atoms with Crippen LogP contribution in [0.2, 0.25) is 0 Å². The molecular formula is C20H24FN3O2S. The van der Waals surface area contributed by atoms with Crippen molar-refractivity contribution in [1.82, 2.24) is 10.2 Å². The molecule has 0 spiro atoms. The third kappa shape index (κ3) is 7.40. The van der Waals surface area contributed by atoms with Gasteiger partial charge in [0.15, 0.2) is 0 Å². The highest BCUT2D eigenvalue weighted by Crippen LogP contribution is 2.16. The summed E-state index contributed by atoms with van der Waals surface area (Å²) < 4.78 is 12.8. The van der Waals surface area contributed by atoms with E-state index < -0.39 is 0 Å². The maximum absolute atomic E-state index is 12.8. The van der Waals surface area contributed by atoms with Gasteiger partial charge in [-0.1, -0.05) is 30.3 Å². The third-order valence-electron chi connectivity index (χ3n) is 3.89. The minimum Gasteiger partial charge on any atom is -0.353 e. The summed E-state index contributed by atoms with van der Waals surface area (Å²) >= 11 is 1.24. The average molecular weight is 389 g/mol. The van der Waals surface area contributed by atoms with Gasteiger partial charge in [-0.05, 0) is 43.9 Å². The van der Waals surface area contributed by atoms with E-state index in [1.807, 2.05) is 44.4 Å². The zero-order chi connectivity index (χ0) is 19.6. The lowest BCUT2D eigenvalue weighted by atomic mass is 10.1. The van der Waals surface area contributed by atoms with Gasteiger partial charge in [-0.15, -0.1) is 11.8 Å². The van der Waals surface area contributed by atoms with Gasteiger partial charge in [0.25, 0.3) is 0 Å². The molecule has 0 fully saturated rings. The SMILES string of the molecule is CN(C)C(CNC(=O)CSCC(=O)Nc1ccc(F)cc1)c1ccccc1. The fourth-order valence-electron chi connectivity index (χ4n) is 2.50. The summed E-state index contributed by atoms with van der Waals surface area (Å²) in [7, 11) is 3.94. The predicted molar refractivity (Wildman–Crippen MR) is 108 cm³/mol. The van der Waals surface area contributed by atoms with Gasteiger partial charge >= 0.3 is 0 Å². The molecular weight excluding hydrogens is 365 g/mol. The lowest BCUT2D eigenvalue weighted by Gasteiger charge is -2.25. The Kier molecular flexibility index (Phi) is 8.29. The number of benzene rings is 2. The van der Waals surface area contributed by atoms with E-state index in [2.05, 4.69) is 15.5 Å². The number of halogens is 1. The Labute approximate surface area is 163 Å². The van der Waals surface area contributed by atoms with Crippen molar-refractivity contribution < 1.29 is 14.0 Å². The van der Waals surface area contributed by atoms with Crippen LogP contribution in [-0.2, 0) is 9.59 Å². The number of carbonyl (C=O) groups excluding carboxylic acids is 2. The van der Waals surface area contributed by atoms with Gasteiger partial charge in [-0.3, -0.25) is 9.59 Å². The Morgan fingerprint density at radius 2 is 1.63 bits per heavy atom. The van der Waals surface area contributed by atoms with Crippen LogP contribution in [0.3, 0.4) is 0 Å². The highest BCUT2D eigenvalue weighted by Gasteiger charge is 2.15. The summed E-state index contributed by atoms with van der Waals surface area (Å²) in [5.74, 6) is -0.343. The van der Waals surface area contributed by atoms with Crippen LogP contribution in [0, 0.1) is 5.82 Å². The molecule has 2 aromatic rings. The Balaban J connectivity index is 1.70. The molecule has 27 heavy (non-hydrogen) atoms. The first-order valence-electron chi connectivity index (χ1n) is 8.57. The van der Waals surface area contributed by atoms with Gasteiger partial charge in [-0.2, -0.15) is 0 Å². The van der Waals surface area contributed by atoms with Crippen molar-refractivity contribution in [3.05, 3.63) is 66.0 Å². The van der Waals surface area contributed by atoms with Crippen LogP contribution in [0.25, 0.3) is 0 Å².